The van der Waals surface area contributed by atoms with E-state index in [0.717, 1.165) is 16.9 Å². The highest BCUT2D eigenvalue weighted by Crippen LogP contribution is 2.21. The van der Waals surface area contributed by atoms with Crippen molar-refractivity contribution in [2.24, 2.45) is 21.7 Å². The summed E-state index contributed by atoms with van der Waals surface area (Å²) in [6, 6.07) is 22.1. The van der Waals surface area contributed by atoms with Crippen LogP contribution in [-0.4, -0.2) is 12.2 Å². The van der Waals surface area contributed by atoms with Gasteiger partial charge in [0.25, 0.3) is 0 Å². The second-order valence-electron chi connectivity index (χ2n) is 5.27. The van der Waals surface area contributed by atoms with E-state index in [1.807, 2.05) is 42.5 Å². The predicted octanol–water partition coefficient (Wildman–Crippen LogP) is 3.03. The van der Waals surface area contributed by atoms with Crippen molar-refractivity contribution in [2.75, 3.05) is 0 Å². The Hall–Kier alpha value is -3.34. The lowest BCUT2D eigenvalue weighted by Crippen LogP contribution is -2.21. The maximum Gasteiger partial charge on any atom is 0.211 e. The lowest BCUT2D eigenvalue weighted by Gasteiger charge is -2.09. The highest BCUT2D eigenvalue weighted by atomic mass is 16.5. The fourth-order valence-electron chi connectivity index (χ4n) is 2.43. The number of hydrogen-bond donors (Lipinski definition) is 2. The summed E-state index contributed by atoms with van der Waals surface area (Å²) in [4.78, 5) is 0. The molecule has 0 heterocycles. The third kappa shape index (κ3) is 3.89. The molecular weight excluding hydrogens is 300 g/mol. The van der Waals surface area contributed by atoms with Gasteiger partial charge in [-0.1, -0.05) is 54.6 Å². The molecule has 0 amide bonds. The molecule has 0 aliphatic heterocycles. The van der Waals surface area contributed by atoms with Gasteiger partial charge in [-0.2, -0.15) is 5.10 Å². The third-order valence-electron chi connectivity index (χ3n) is 3.51. The molecule has 0 radical (unpaired) electrons. The van der Waals surface area contributed by atoms with E-state index in [4.69, 9.17) is 16.2 Å². The van der Waals surface area contributed by atoms with Crippen LogP contribution in [0.2, 0.25) is 0 Å². The molecule has 0 aliphatic rings. The summed E-state index contributed by atoms with van der Waals surface area (Å²) in [6.45, 7) is 0.496. The molecule has 120 valence electrons. The van der Waals surface area contributed by atoms with Crippen molar-refractivity contribution in [2.45, 2.75) is 6.61 Å². The summed E-state index contributed by atoms with van der Waals surface area (Å²) in [6.07, 6.45) is 1.57. The van der Waals surface area contributed by atoms with Crippen LogP contribution in [0.1, 0.15) is 11.1 Å². The van der Waals surface area contributed by atoms with E-state index in [2.05, 4.69) is 34.5 Å². The quantitative estimate of drug-likeness (QED) is 0.431. The average molecular weight is 318 g/mol. The van der Waals surface area contributed by atoms with E-state index in [-0.39, 0.29) is 5.96 Å². The zero-order valence-corrected chi connectivity index (χ0v) is 13.1. The molecule has 0 spiro atoms. The lowest BCUT2D eigenvalue weighted by atomic mass is 10.1. The minimum absolute atomic E-state index is 0.0744. The number of fused-ring (bicyclic) bond motifs is 1. The van der Waals surface area contributed by atoms with E-state index >= 15 is 0 Å². The van der Waals surface area contributed by atoms with E-state index < -0.39 is 0 Å². The normalized spacial score (nSPS) is 10.8. The van der Waals surface area contributed by atoms with Gasteiger partial charge in [0, 0.05) is 0 Å². The standard InChI is InChI=1S/C19H18N4O/c20-19(21)23-22-12-14-5-3-9-17(11-14)24-13-16-8-4-7-15-6-1-2-10-18(15)16/h1-12H,13H2,(H4,20,21,23). The van der Waals surface area contributed by atoms with Crippen LogP contribution in [0, 0.1) is 0 Å². The smallest absolute Gasteiger partial charge is 0.211 e. The van der Waals surface area contributed by atoms with Crippen LogP contribution in [0.5, 0.6) is 5.75 Å². The molecule has 0 aliphatic carbocycles. The number of nitrogens with zero attached hydrogens (tertiary/aromatic N) is 2. The number of guanidine groups is 1. The lowest BCUT2D eigenvalue weighted by molar-refractivity contribution is 0.307. The molecule has 24 heavy (non-hydrogen) atoms. The summed E-state index contributed by atoms with van der Waals surface area (Å²) in [5, 5.41) is 9.78. The Morgan fingerprint density at radius 2 is 1.75 bits per heavy atom. The zero-order valence-electron chi connectivity index (χ0n) is 13.1. The molecule has 4 N–H and O–H groups in total. The van der Waals surface area contributed by atoms with Crippen molar-refractivity contribution >= 4 is 22.9 Å². The largest absolute Gasteiger partial charge is 0.489 e. The Kier molecular flexibility index (Phi) is 4.72. The Labute approximate surface area is 140 Å². The molecule has 3 aromatic rings. The topological polar surface area (TPSA) is 86.0 Å². The van der Waals surface area contributed by atoms with E-state index in [1.165, 1.54) is 10.8 Å². The zero-order chi connectivity index (χ0) is 16.8. The molecule has 0 unspecified atom stereocenters. The Bertz CT molecular complexity index is 893. The summed E-state index contributed by atoms with van der Waals surface area (Å²) in [5.41, 5.74) is 12.5. The van der Waals surface area contributed by atoms with Crippen molar-refractivity contribution < 1.29 is 4.74 Å². The minimum atomic E-state index is -0.0744. The van der Waals surface area contributed by atoms with Gasteiger partial charge in [-0.05, 0) is 34.0 Å². The van der Waals surface area contributed by atoms with Crippen molar-refractivity contribution in [1.82, 2.24) is 0 Å². The fraction of sp³-hybridized carbons (Fsp3) is 0.0526. The van der Waals surface area contributed by atoms with Crippen LogP contribution in [0.3, 0.4) is 0 Å². The number of nitrogens with two attached hydrogens (primary N) is 2. The van der Waals surface area contributed by atoms with E-state index in [1.54, 1.807) is 6.21 Å². The molecule has 0 bridgehead atoms. The molecule has 3 rings (SSSR count). The highest BCUT2D eigenvalue weighted by Gasteiger charge is 2.02. The monoisotopic (exact) mass is 318 g/mol. The summed E-state index contributed by atoms with van der Waals surface area (Å²) in [7, 11) is 0. The Balaban J connectivity index is 1.74. The van der Waals surface area contributed by atoms with Crippen LogP contribution in [0.15, 0.2) is 76.9 Å². The molecule has 0 aromatic heterocycles. The maximum absolute atomic E-state index is 5.92. The first-order valence-electron chi connectivity index (χ1n) is 7.54. The number of hydrogen-bond acceptors (Lipinski definition) is 3. The molecular formula is C19H18N4O. The fourth-order valence-corrected chi connectivity index (χ4v) is 2.43. The van der Waals surface area contributed by atoms with Gasteiger partial charge in [0.05, 0.1) is 6.21 Å². The van der Waals surface area contributed by atoms with Crippen LogP contribution >= 0.6 is 0 Å². The average Bonchev–Trinajstić information content (AvgIpc) is 2.60. The Morgan fingerprint density at radius 1 is 0.958 bits per heavy atom. The molecule has 0 fully saturated rings. The summed E-state index contributed by atoms with van der Waals surface area (Å²) >= 11 is 0. The summed E-state index contributed by atoms with van der Waals surface area (Å²) in [5.74, 6) is 0.686. The van der Waals surface area contributed by atoms with Crippen molar-refractivity contribution in [3.05, 3.63) is 77.9 Å². The SMILES string of the molecule is NC(N)=NN=Cc1cccc(OCc2cccc3ccccc23)c1. The van der Waals surface area contributed by atoms with Gasteiger partial charge < -0.3 is 16.2 Å². The molecule has 3 aromatic carbocycles. The molecule has 5 heteroatoms. The van der Waals surface area contributed by atoms with Gasteiger partial charge in [0.2, 0.25) is 5.96 Å². The van der Waals surface area contributed by atoms with Gasteiger partial charge in [-0.15, -0.1) is 5.10 Å². The first-order valence-corrected chi connectivity index (χ1v) is 7.54. The van der Waals surface area contributed by atoms with Gasteiger partial charge in [-0.3, -0.25) is 0 Å². The molecule has 0 atom stereocenters. The minimum Gasteiger partial charge on any atom is -0.489 e. The maximum atomic E-state index is 5.92. The Morgan fingerprint density at radius 3 is 2.62 bits per heavy atom. The van der Waals surface area contributed by atoms with Gasteiger partial charge >= 0.3 is 0 Å². The number of benzene rings is 3. The highest BCUT2D eigenvalue weighted by molar-refractivity contribution is 5.85. The van der Waals surface area contributed by atoms with Gasteiger partial charge in [-0.25, -0.2) is 0 Å². The molecule has 0 saturated carbocycles. The predicted molar refractivity (Wildman–Crippen MR) is 98.1 cm³/mol. The molecule has 5 nitrogen and oxygen atoms in total. The van der Waals surface area contributed by atoms with Gasteiger partial charge in [0.15, 0.2) is 0 Å². The first kappa shape index (κ1) is 15.6. The van der Waals surface area contributed by atoms with E-state index in [0.29, 0.717) is 6.61 Å². The number of rotatable bonds is 5. The van der Waals surface area contributed by atoms with E-state index in [9.17, 15) is 0 Å². The second-order valence-corrected chi connectivity index (χ2v) is 5.27. The van der Waals surface area contributed by atoms with Gasteiger partial charge in [0.1, 0.15) is 12.4 Å². The van der Waals surface area contributed by atoms with Crippen LogP contribution < -0.4 is 16.2 Å². The van der Waals surface area contributed by atoms with Crippen LogP contribution in [0.4, 0.5) is 0 Å². The second kappa shape index (κ2) is 7.28. The van der Waals surface area contributed by atoms with Crippen molar-refractivity contribution in [3.63, 3.8) is 0 Å². The first-order chi connectivity index (χ1) is 11.7. The van der Waals surface area contributed by atoms with Crippen LogP contribution in [-0.2, 0) is 6.61 Å². The summed E-state index contributed by atoms with van der Waals surface area (Å²) < 4.78 is 5.92. The van der Waals surface area contributed by atoms with Crippen molar-refractivity contribution in [1.29, 1.82) is 0 Å². The molecule has 0 saturated heterocycles. The van der Waals surface area contributed by atoms with Crippen LogP contribution in [0.25, 0.3) is 10.8 Å². The van der Waals surface area contributed by atoms with Crippen molar-refractivity contribution in [3.8, 4) is 5.75 Å². The number of ether oxygens (including phenoxy) is 1. The third-order valence-corrected chi connectivity index (χ3v) is 3.51.